The Kier molecular flexibility index (Phi) is 3.83. The van der Waals surface area contributed by atoms with Gasteiger partial charge in [-0.05, 0) is 42.4 Å². The van der Waals surface area contributed by atoms with Gasteiger partial charge >= 0.3 is 0 Å². The summed E-state index contributed by atoms with van der Waals surface area (Å²) in [6.45, 7) is 0.905. The number of nitrogens with zero attached hydrogens (tertiary/aromatic N) is 2. The summed E-state index contributed by atoms with van der Waals surface area (Å²) in [6.07, 6.45) is 2.86. The van der Waals surface area contributed by atoms with Crippen molar-refractivity contribution in [2.75, 3.05) is 5.32 Å². The molecule has 0 aliphatic rings. The summed E-state index contributed by atoms with van der Waals surface area (Å²) >= 11 is 4.84. The van der Waals surface area contributed by atoms with Crippen LogP contribution in [-0.2, 0) is 13.0 Å². The first kappa shape index (κ1) is 13.6. The molecule has 0 atom stereocenters. The van der Waals surface area contributed by atoms with Crippen LogP contribution >= 0.6 is 12.2 Å². The molecule has 3 aromatic rings. The number of thiocarbonyl (C=S) groups is 1. The highest BCUT2D eigenvalue weighted by Crippen LogP contribution is 2.18. The van der Waals surface area contributed by atoms with Crippen molar-refractivity contribution < 1.29 is 0 Å². The van der Waals surface area contributed by atoms with Crippen molar-refractivity contribution in [3.63, 3.8) is 0 Å². The van der Waals surface area contributed by atoms with Crippen molar-refractivity contribution in [2.45, 2.75) is 13.0 Å². The van der Waals surface area contributed by atoms with Gasteiger partial charge in [0.1, 0.15) is 0 Å². The zero-order valence-corrected chi connectivity index (χ0v) is 12.3. The highest BCUT2D eigenvalue weighted by Gasteiger charge is 2.04. The first-order valence-corrected chi connectivity index (χ1v) is 7.18. The van der Waals surface area contributed by atoms with E-state index in [0.717, 1.165) is 29.7 Å². The maximum absolute atomic E-state index is 5.48. The summed E-state index contributed by atoms with van der Waals surface area (Å²) in [5.41, 5.74) is 9.71. The monoisotopic (exact) mass is 296 g/mol. The number of aromatic nitrogens is 2. The lowest BCUT2D eigenvalue weighted by atomic mass is 10.1. The fourth-order valence-corrected chi connectivity index (χ4v) is 2.47. The summed E-state index contributed by atoms with van der Waals surface area (Å²) in [6, 6.07) is 16.4. The number of benzene rings is 2. The SMILES string of the molecule is NC(=S)Nc1ccc2c(c1)ncn2CCc1ccccc1. The standard InChI is InChI=1S/C16H16N4S/c17-16(21)19-13-6-7-15-14(10-13)18-11-20(15)9-8-12-4-2-1-3-5-12/h1-7,10-11H,8-9H2,(H3,17,19,21). The molecular weight excluding hydrogens is 280 g/mol. The predicted molar refractivity (Wildman–Crippen MR) is 90.3 cm³/mol. The Hall–Kier alpha value is -2.40. The van der Waals surface area contributed by atoms with Crippen LogP contribution in [0.25, 0.3) is 11.0 Å². The molecule has 0 saturated heterocycles. The van der Waals surface area contributed by atoms with E-state index in [9.17, 15) is 0 Å². The van der Waals surface area contributed by atoms with E-state index >= 15 is 0 Å². The van der Waals surface area contributed by atoms with Crippen LogP contribution in [0.3, 0.4) is 0 Å². The van der Waals surface area contributed by atoms with Gasteiger partial charge in [-0.1, -0.05) is 30.3 Å². The van der Waals surface area contributed by atoms with Crippen molar-refractivity contribution in [3.05, 3.63) is 60.4 Å². The fraction of sp³-hybridized carbons (Fsp3) is 0.125. The van der Waals surface area contributed by atoms with Gasteiger partial charge in [-0.3, -0.25) is 0 Å². The molecule has 0 amide bonds. The second kappa shape index (κ2) is 5.93. The highest BCUT2D eigenvalue weighted by molar-refractivity contribution is 7.80. The molecule has 1 heterocycles. The van der Waals surface area contributed by atoms with Crippen LogP contribution in [0, 0.1) is 0 Å². The van der Waals surface area contributed by atoms with E-state index in [0.29, 0.717) is 0 Å². The van der Waals surface area contributed by atoms with Crippen LogP contribution in [0.2, 0.25) is 0 Å². The van der Waals surface area contributed by atoms with Crippen LogP contribution < -0.4 is 11.1 Å². The molecule has 0 bridgehead atoms. The molecule has 0 radical (unpaired) electrons. The van der Waals surface area contributed by atoms with E-state index in [1.165, 1.54) is 5.56 Å². The molecule has 0 saturated carbocycles. The minimum absolute atomic E-state index is 0.262. The Balaban J connectivity index is 1.79. The molecule has 0 aliphatic heterocycles. The third kappa shape index (κ3) is 3.20. The van der Waals surface area contributed by atoms with Crippen molar-refractivity contribution in [3.8, 4) is 0 Å². The van der Waals surface area contributed by atoms with Crippen LogP contribution in [0.5, 0.6) is 0 Å². The summed E-state index contributed by atoms with van der Waals surface area (Å²) in [5.74, 6) is 0. The molecule has 4 nitrogen and oxygen atoms in total. The third-order valence-electron chi connectivity index (χ3n) is 3.37. The number of nitrogens with one attached hydrogen (secondary N) is 1. The first-order chi connectivity index (χ1) is 10.2. The third-order valence-corrected chi connectivity index (χ3v) is 3.47. The van der Waals surface area contributed by atoms with Gasteiger partial charge in [0.05, 0.1) is 17.4 Å². The fourth-order valence-electron chi connectivity index (χ4n) is 2.36. The normalized spacial score (nSPS) is 10.7. The first-order valence-electron chi connectivity index (χ1n) is 6.77. The molecule has 21 heavy (non-hydrogen) atoms. The quantitative estimate of drug-likeness (QED) is 0.727. The lowest BCUT2D eigenvalue weighted by Crippen LogP contribution is -2.18. The van der Waals surface area contributed by atoms with Crippen molar-refractivity contribution in [1.82, 2.24) is 9.55 Å². The number of rotatable bonds is 4. The molecule has 3 N–H and O–H groups in total. The topological polar surface area (TPSA) is 55.9 Å². The Morgan fingerprint density at radius 2 is 2.00 bits per heavy atom. The van der Waals surface area contributed by atoms with Gasteiger partial charge in [0, 0.05) is 12.2 Å². The zero-order chi connectivity index (χ0) is 14.7. The maximum atomic E-state index is 5.48. The van der Waals surface area contributed by atoms with Crippen molar-refractivity contribution in [2.24, 2.45) is 5.73 Å². The van der Waals surface area contributed by atoms with Crippen LogP contribution in [0.4, 0.5) is 5.69 Å². The summed E-state index contributed by atoms with van der Waals surface area (Å²) in [4.78, 5) is 4.44. The molecule has 0 fully saturated rings. The Labute approximate surface area is 128 Å². The second-order valence-corrected chi connectivity index (χ2v) is 5.31. The molecular formula is C16H16N4S. The minimum Gasteiger partial charge on any atom is -0.376 e. The second-order valence-electron chi connectivity index (χ2n) is 4.87. The molecule has 0 aliphatic carbocycles. The number of nitrogens with two attached hydrogens (primary N) is 1. The van der Waals surface area contributed by atoms with Gasteiger partial charge in [0.15, 0.2) is 5.11 Å². The number of hydrogen-bond acceptors (Lipinski definition) is 2. The molecule has 0 unspecified atom stereocenters. The van der Waals surface area contributed by atoms with E-state index < -0.39 is 0 Å². The molecule has 2 aromatic carbocycles. The van der Waals surface area contributed by atoms with Crippen LogP contribution in [0.1, 0.15) is 5.56 Å². The Morgan fingerprint density at radius 1 is 1.19 bits per heavy atom. The van der Waals surface area contributed by atoms with E-state index in [2.05, 4.69) is 39.1 Å². The predicted octanol–water partition coefficient (Wildman–Crippen LogP) is 2.93. The van der Waals surface area contributed by atoms with Crippen molar-refractivity contribution in [1.29, 1.82) is 0 Å². The Morgan fingerprint density at radius 3 is 2.76 bits per heavy atom. The molecule has 0 spiro atoms. The summed E-state index contributed by atoms with van der Waals surface area (Å²) in [5, 5.41) is 3.19. The van der Waals surface area contributed by atoms with E-state index in [1.807, 2.05) is 30.6 Å². The molecule has 1 aromatic heterocycles. The van der Waals surface area contributed by atoms with Gasteiger partial charge in [-0.25, -0.2) is 4.98 Å². The van der Waals surface area contributed by atoms with Crippen LogP contribution in [0.15, 0.2) is 54.9 Å². The van der Waals surface area contributed by atoms with Gasteiger partial charge in [0.25, 0.3) is 0 Å². The molecule has 5 heteroatoms. The number of fused-ring (bicyclic) bond motifs is 1. The number of aryl methyl sites for hydroxylation is 2. The zero-order valence-electron chi connectivity index (χ0n) is 11.5. The maximum Gasteiger partial charge on any atom is 0.168 e. The van der Waals surface area contributed by atoms with Gasteiger partial charge in [-0.15, -0.1) is 0 Å². The number of imidazole rings is 1. The number of anilines is 1. The van der Waals surface area contributed by atoms with Crippen molar-refractivity contribution >= 4 is 34.1 Å². The van der Waals surface area contributed by atoms with E-state index in [-0.39, 0.29) is 5.11 Å². The number of hydrogen-bond donors (Lipinski definition) is 2. The highest BCUT2D eigenvalue weighted by atomic mass is 32.1. The lowest BCUT2D eigenvalue weighted by molar-refractivity contribution is 0.716. The summed E-state index contributed by atoms with van der Waals surface area (Å²) in [7, 11) is 0. The Bertz CT molecular complexity index is 764. The molecule has 3 rings (SSSR count). The van der Waals surface area contributed by atoms with Gasteiger partial charge < -0.3 is 15.6 Å². The lowest BCUT2D eigenvalue weighted by Gasteiger charge is -2.06. The summed E-state index contributed by atoms with van der Waals surface area (Å²) < 4.78 is 2.16. The van der Waals surface area contributed by atoms with Crippen LogP contribution in [-0.4, -0.2) is 14.7 Å². The minimum atomic E-state index is 0.262. The van der Waals surface area contributed by atoms with Gasteiger partial charge in [-0.2, -0.15) is 0 Å². The average Bonchev–Trinajstić information content (AvgIpc) is 2.88. The van der Waals surface area contributed by atoms with Gasteiger partial charge in [0.2, 0.25) is 0 Å². The molecule has 106 valence electrons. The smallest absolute Gasteiger partial charge is 0.168 e. The average molecular weight is 296 g/mol. The van der Waals surface area contributed by atoms with E-state index in [4.69, 9.17) is 18.0 Å². The van der Waals surface area contributed by atoms with E-state index in [1.54, 1.807) is 0 Å². The largest absolute Gasteiger partial charge is 0.376 e.